The number of carbonyl (C=O) groups excluding carboxylic acids is 1. The zero-order chi connectivity index (χ0) is 15.4. The van der Waals surface area contributed by atoms with E-state index in [9.17, 15) is 4.79 Å². The normalized spacial score (nSPS) is 16.4. The Labute approximate surface area is 129 Å². The zero-order valence-corrected chi connectivity index (χ0v) is 12.6. The quantitative estimate of drug-likeness (QED) is 0.935. The molecule has 0 saturated carbocycles. The predicted octanol–water partition coefficient (Wildman–Crippen LogP) is 1.82. The fourth-order valence-corrected chi connectivity index (χ4v) is 2.53. The third-order valence-corrected chi connectivity index (χ3v) is 3.90. The molecule has 1 aliphatic rings. The lowest BCUT2D eigenvalue weighted by molar-refractivity contribution is -0.121. The standard InChI is InChI=1S/C16H19N5O/c1-21-8-5-12(6-9-21)16(22)20-13-10-18-15(19-11-13)14-4-2-3-7-17-14/h2-4,7,10-12H,5-6,8-9H2,1H3,(H,20,22). The second kappa shape index (κ2) is 6.62. The van der Waals surface area contributed by atoms with Crippen LogP contribution < -0.4 is 5.32 Å². The zero-order valence-electron chi connectivity index (χ0n) is 12.6. The molecule has 0 bridgehead atoms. The van der Waals surface area contributed by atoms with E-state index in [4.69, 9.17) is 0 Å². The highest BCUT2D eigenvalue weighted by molar-refractivity contribution is 5.92. The minimum Gasteiger partial charge on any atom is -0.323 e. The van der Waals surface area contributed by atoms with Crippen LogP contribution in [0.5, 0.6) is 0 Å². The Balaban J connectivity index is 1.62. The van der Waals surface area contributed by atoms with Gasteiger partial charge in [-0.05, 0) is 45.1 Å². The fraction of sp³-hybridized carbons (Fsp3) is 0.375. The molecule has 1 aliphatic heterocycles. The van der Waals surface area contributed by atoms with Crippen molar-refractivity contribution >= 4 is 11.6 Å². The van der Waals surface area contributed by atoms with Crippen LogP contribution in [0.3, 0.4) is 0 Å². The number of nitrogens with zero attached hydrogens (tertiary/aromatic N) is 4. The van der Waals surface area contributed by atoms with Gasteiger partial charge in [-0.2, -0.15) is 0 Å². The number of nitrogens with one attached hydrogen (secondary N) is 1. The lowest BCUT2D eigenvalue weighted by Gasteiger charge is -2.27. The van der Waals surface area contributed by atoms with Crippen LogP contribution in [-0.4, -0.2) is 45.9 Å². The smallest absolute Gasteiger partial charge is 0.227 e. The first kappa shape index (κ1) is 14.6. The van der Waals surface area contributed by atoms with Gasteiger partial charge in [0.15, 0.2) is 5.82 Å². The summed E-state index contributed by atoms with van der Waals surface area (Å²) < 4.78 is 0. The molecule has 0 unspecified atom stereocenters. The van der Waals surface area contributed by atoms with E-state index in [1.54, 1.807) is 18.6 Å². The summed E-state index contributed by atoms with van der Waals surface area (Å²) in [5, 5.41) is 2.90. The Morgan fingerprint density at radius 2 is 1.91 bits per heavy atom. The van der Waals surface area contributed by atoms with E-state index in [1.807, 2.05) is 18.2 Å². The summed E-state index contributed by atoms with van der Waals surface area (Å²) in [6, 6.07) is 5.59. The Kier molecular flexibility index (Phi) is 4.39. The molecule has 0 spiro atoms. The van der Waals surface area contributed by atoms with Crippen LogP contribution in [0.15, 0.2) is 36.8 Å². The lowest BCUT2D eigenvalue weighted by Crippen LogP contribution is -2.35. The molecule has 0 aromatic carbocycles. The van der Waals surface area contributed by atoms with Crippen molar-refractivity contribution in [1.82, 2.24) is 19.9 Å². The third-order valence-electron chi connectivity index (χ3n) is 3.90. The van der Waals surface area contributed by atoms with Gasteiger partial charge in [-0.1, -0.05) is 6.07 Å². The number of rotatable bonds is 3. The van der Waals surface area contributed by atoms with Gasteiger partial charge in [0.1, 0.15) is 5.69 Å². The number of amides is 1. The van der Waals surface area contributed by atoms with E-state index in [0.29, 0.717) is 11.5 Å². The second-order valence-corrected chi connectivity index (χ2v) is 5.58. The van der Waals surface area contributed by atoms with Gasteiger partial charge in [-0.3, -0.25) is 9.78 Å². The van der Waals surface area contributed by atoms with Crippen LogP contribution in [0.25, 0.3) is 11.5 Å². The van der Waals surface area contributed by atoms with E-state index in [-0.39, 0.29) is 11.8 Å². The van der Waals surface area contributed by atoms with Crippen molar-refractivity contribution in [3.05, 3.63) is 36.8 Å². The number of pyridine rings is 1. The molecule has 3 heterocycles. The molecule has 2 aromatic heterocycles. The summed E-state index contributed by atoms with van der Waals surface area (Å²) in [4.78, 5) is 27.2. The molecule has 1 saturated heterocycles. The highest BCUT2D eigenvalue weighted by Gasteiger charge is 2.23. The average molecular weight is 297 g/mol. The summed E-state index contributed by atoms with van der Waals surface area (Å²) in [7, 11) is 2.08. The van der Waals surface area contributed by atoms with E-state index >= 15 is 0 Å². The Bertz CT molecular complexity index is 621. The Hall–Kier alpha value is -2.34. The van der Waals surface area contributed by atoms with E-state index in [0.717, 1.165) is 31.6 Å². The first-order valence-corrected chi connectivity index (χ1v) is 7.45. The number of piperidine rings is 1. The second-order valence-electron chi connectivity index (χ2n) is 5.58. The van der Waals surface area contributed by atoms with Gasteiger partial charge >= 0.3 is 0 Å². The largest absolute Gasteiger partial charge is 0.323 e. The minimum absolute atomic E-state index is 0.0577. The maximum Gasteiger partial charge on any atom is 0.227 e. The van der Waals surface area contributed by atoms with Crippen LogP contribution in [0.4, 0.5) is 5.69 Å². The van der Waals surface area contributed by atoms with Crippen molar-refractivity contribution in [2.24, 2.45) is 5.92 Å². The summed E-state index contributed by atoms with van der Waals surface area (Å²) in [6.07, 6.45) is 6.76. The summed E-state index contributed by atoms with van der Waals surface area (Å²) >= 11 is 0. The Morgan fingerprint density at radius 3 is 2.55 bits per heavy atom. The van der Waals surface area contributed by atoms with E-state index in [1.165, 1.54) is 0 Å². The average Bonchev–Trinajstić information content (AvgIpc) is 2.57. The predicted molar refractivity (Wildman–Crippen MR) is 84.1 cm³/mol. The molecule has 6 heteroatoms. The first-order chi connectivity index (χ1) is 10.7. The monoisotopic (exact) mass is 297 g/mol. The molecule has 22 heavy (non-hydrogen) atoms. The molecule has 0 aliphatic carbocycles. The van der Waals surface area contributed by atoms with Crippen molar-refractivity contribution in [1.29, 1.82) is 0 Å². The molecular weight excluding hydrogens is 278 g/mol. The maximum atomic E-state index is 12.2. The molecule has 1 N–H and O–H groups in total. The fourth-order valence-electron chi connectivity index (χ4n) is 2.53. The number of hydrogen-bond acceptors (Lipinski definition) is 5. The summed E-state index contributed by atoms with van der Waals surface area (Å²) in [5.74, 6) is 0.687. The number of aromatic nitrogens is 3. The molecule has 3 rings (SSSR count). The Morgan fingerprint density at radius 1 is 1.18 bits per heavy atom. The number of anilines is 1. The lowest BCUT2D eigenvalue weighted by atomic mass is 9.96. The van der Waals surface area contributed by atoms with E-state index in [2.05, 4.69) is 32.2 Å². The van der Waals surface area contributed by atoms with Crippen molar-refractivity contribution in [2.75, 3.05) is 25.5 Å². The highest BCUT2D eigenvalue weighted by atomic mass is 16.1. The van der Waals surface area contributed by atoms with Gasteiger partial charge in [-0.15, -0.1) is 0 Å². The molecule has 1 fully saturated rings. The van der Waals surface area contributed by atoms with Crippen molar-refractivity contribution in [3.63, 3.8) is 0 Å². The van der Waals surface area contributed by atoms with Gasteiger partial charge in [-0.25, -0.2) is 9.97 Å². The molecule has 114 valence electrons. The summed E-state index contributed by atoms with van der Waals surface area (Å²) in [6.45, 7) is 1.93. The molecule has 2 aromatic rings. The van der Waals surface area contributed by atoms with Crippen LogP contribution in [0.1, 0.15) is 12.8 Å². The van der Waals surface area contributed by atoms with Gasteiger partial charge in [0, 0.05) is 12.1 Å². The van der Waals surface area contributed by atoms with Gasteiger partial charge in [0.25, 0.3) is 0 Å². The van der Waals surface area contributed by atoms with Crippen LogP contribution in [-0.2, 0) is 4.79 Å². The molecule has 1 amide bonds. The number of carbonyl (C=O) groups is 1. The molecule has 6 nitrogen and oxygen atoms in total. The summed E-state index contributed by atoms with van der Waals surface area (Å²) in [5.41, 5.74) is 1.35. The molecule has 0 radical (unpaired) electrons. The minimum atomic E-state index is 0.0577. The van der Waals surface area contributed by atoms with Crippen LogP contribution in [0, 0.1) is 5.92 Å². The SMILES string of the molecule is CN1CCC(C(=O)Nc2cnc(-c3ccccn3)nc2)CC1. The topological polar surface area (TPSA) is 71.0 Å². The van der Waals surface area contributed by atoms with Crippen molar-refractivity contribution in [2.45, 2.75) is 12.8 Å². The number of hydrogen-bond donors (Lipinski definition) is 1. The van der Waals surface area contributed by atoms with Crippen LogP contribution in [0.2, 0.25) is 0 Å². The van der Waals surface area contributed by atoms with Gasteiger partial charge in [0.2, 0.25) is 5.91 Å². The molecule has 0 atom stereocenters. The highest BCUT2D eigenvalue weighted by Crippen LogP contribution is 2.18. The van der Waals surface area contributed by atoms with Crippen molar-refractivity contribution < 1.29 is 4.79 Å². The van der Waals surface area contributed by atoms with Crippen LogP contribution >= 0.6 is 0 Å². The maximum absolute atomic E-state index is 12.2. The third kappa shape index (κ3) is 3.46. The first-order valence-electron chi connectivity index (χ1n) is 7.45. The van der Waals surface area contributed by atoms with Crippen molar-refractivity contribution in [3.8, 4) is 11.5 Å². The molecular formula is C16H19N5O. The van der Waals surface area contributed by atoms with Gasteiger partial charge in [0.05, 0.1) is 18.1 Å². The van der Waals surface area contributed by atoms with E-state index < -0.39 is 0 Å². The van der Waals surface area contributed by atoms with Gasteiger partial charge < -0.3 is 10.2 Å². The number of likely N-dealkylation sites (tertiary alicyclic amines) is 1.